The van der Waals surface area contributed by atoms with E-state index in [1.807, 2.05) is 0 Å². The van der Waals surface area contributed by atoms with Crippen molar-refractivity contribution in [2.45, 2.75) is 36.3 Å². The van der Waals surface area contributed by atoms with Gasteiger partial charge in [-0.3, -0.25) is 9.13 Å². The summed E-state index contributed by atoms with van der Waals surface area (Å²) >= 11 is 0. The van der Waals surface area contributed by atoms with E-state index in [-0.39, 0.29) is 4.57 Å². The van der Waals surface area contributed by atoms with Crippen LogP contribution in [0, 0.1) is 0 Å². The normalized spacial score (nSPS) is 16.1. The van der Waals surface area contributed by atoms with Crippen molar-refractivity contribution >= 4 is 14.9 Å². The number of halogens is 12. The van der Waals surface area contributed by atoms with Crippen molar-refractivity contribution in [3.63, 3.8) is 0 Å². The topological polar surface area (TPSA) is 120 Å². The summed E-state index contributed by atoms with van der Waals surface area (Å²) in [7, 11) is -13.2. The molecule has 0 aliphatic carbocycles. The van der Waals surface area contributed by atoms with Crippen molar-refractivity contribution in [2.75, 3.05) is 26.2 Å². The van der Waals surface area contributed by atoms with Gasteiger partial charge in [-0.2, -0.15) is 52.7 Å². The fourth-order valence-corrected chi connectivity index (χ4v) is 7.86. The number of nitrogens with one attached hydrogen (secondary N) is 4. The molecule has 0 spiro atoms. The van der Waals surface area contributed by atoms with Crippen molar-refractivity contribution in [2.24, 2.45) is 0 Å². The van der Waals surface area contributed by atoms with E-state index >= 15 is 0 Å². The monoisotopic (exact) mass is 598 g/mol. The molecule has 0 atom stereocenters. The van der Waals surface area contributed by atoms with Crippen molar-refractivity contribution in [1.29, 1.82) is 0 Å². The molecule has 23 heteroatoms. The van der Waals surface area contributed by atoms with Gasteiger partial charge in [0.2, 0.25) is 5.08 Å². The summed E-state index contributed by atoms with van der Waals surface area (Å²) in [5.74, 6) is 0. The van der Waals surface area contributed by atoms with E-state index in [4.69, 9.17) is 2.74 Å². The lowest BCUT2D eigenvalue weighted by Crippen LogP contribution is -2.53. The second-order valence-electron chi connectivity index (χ2n) is 6.74. The van der Waals surface area contributed by atoms with E-state index in [1.54, 1.807) is 0 Å². The average Bonchev–Trinajstić information content (AvgIpc) is 3.26. The lowest BCUT2D eigenvalue weighted by atomic mass is 10.6. The van der Waals surface area contributed by atoms with Crippen molar-refractivity contribution in [3.05, 3.63) is 18.7 Å². The third-order valence-corrected chi connectivity index (χ3v) is 9.73. The molecule has 1 rings (SSSR count). The minimum absolute atomic E-state index is 0.0959. The molecule has 0 aliphatic heterocycles. The Bertz CT molecular complexity index is 918. The first-order chi connectivity index (χ1) is 16.7. The van der Waals surface area contributed by atoms with Gasteiger partial charge >= 0.3 is 24.7 Å². The van der Waals surface area contributed by atoms with Gasteiger partial charge in [0.1, 0.15) is 0 Å². The van der Waals surface area contributed by atoms with Crippen LogP contribution in [0.5, 0.6) is 0 Å². The Morgan fingerprint density at radius 2 is 1.03 bits per heavy atom. The summed E-state index contributed by atoms with van der Waals surface area (Å²) in [4.78, 5) is 3.24. The second kappa shape index (κ2) is 11.2. The highest BCUT2D eigenvalue weighted by Crippen LogP contribution is 2.68. The summed E-state index contributed by atoms with van der Waals surface area (Å²) in [6, 6.07) is 0. The number of nitrogens with zero attached hydrogens (tertiary/aromatic N) is 2. The van der Waals surface area contributed by atoms with Crippen LogP contribution in [-0.2, 0) is 15.6 Å². The van der Waals surface area contributed by atoms with Gasteiger partial charge in [-0.25, -0.2) is 25.3 Å². The number of aromatic nitrogens is 2. The predicted octanol–water partition coefficient (Wildman–Crippen LogP) is 3.52. The third-order valence-electron chi connectivity index (χ3n) is 3.67. The van der Waals surface area contributed by atoms with Crippen LogP contribution >= 0.6 is 14.9 Å². The van der Waals surface area contributed by atoms with Gasteiger partial charge in [0.25, 0.3) is 14.9 Å². The molecule has 0 amide bonds. The zero-order valence-electron chi connectivity index (χ0n) is 19.1. The first-order valence-electron chi connectivity index (χ1n) is 9.87. The largest absolute Gasteiger partial charge is 0.401 e. The van der Waals surface area contributed by atoms with Gasteiger partial charge in [-0.05, 0) is 0 Å². The molecule has 0 radical (unpaired) electrons. The molecule has 0 aliphatic rings. The molecule has 0 aromatic carbocycles. The molecule has 0 fully saturated rings. The molecule has 0 bridgehead atoms. The Labute approximate surface area is 196 Å². The van der Waals surface area contributed by atoms with Crippen molar-refractivity contribution < 1.29 is 69.7 Å². The van der Waals surface area contributed by atoms with Gasteiger partial charge in [0, 0.05) is 12.4 Å². The Balaban J connectivity index is 4.04. The fourth-order valence-electron chi connectivity index (χ4n) is 2.19. The van der Waals surface area contributed by atoms with Crippen molar-refractivity contribution in [3.8, 4) is 0 Å². The minimum atomic E-state index is -6.61. The van der Waals surface area contributed by atoms with Gasteiger partial charge < -0.3 is 9.67 Å². The fraction of sp³-hybridized carbons (Fsp3) is 0.769. The first-order valence-corrected chi connectivity index (χ1v) is 12.3. The van der Waals surface area contributed by atoms with Crippen LogP contribution in [-0.4, -0.2) is 70.6 Å². The average molecular weight is 598 g/mol. The lowest BCUT2D eigenvalue weighted by Gasteiger charge is -2.42. The van der Waals surface area contributed by atoms with Gasteiger partial charge in [0.15, 0.2) is 0 Å². The first kappa shape index (κ1) is 29.2. The smallest absolute Gasteiger partial charge is 0.369 e. The van der Waals surface area contributed by atoms with E-state index < -0.39 is 77.4 Å². The maximum Gasteiger partial charge on any atom is 0.401 e. The number of hydrogen-bond acceptors (Lipinski definition) is 4. The van der Waals surface area contributed by atoms with Crippen LogP contribution in [0.3, 0.4) is 0 Å². The predicted molar refractivity (Wildman–Crippen MR) is 98.6 cm³/mol. The molecule has 1 aromatic heterocycles. The van der Waals surface area contributed by atoms with Gasteiger partial charge in [-0.15, -0.1) is 0 Å². The standard InChI is InChI=1S/C13H18F12N6O3P2/c14-9(15,16)3-27-35(33,28-4-10(17,18)19)13(32,7-31-2-1-26-8-31)36(34,29-5-11(20,21)22)30-6-12(23,24)25/h1-2,8,32H,3-7H2,(H2,27,28,33)(H2,29,30,34)/i7D2. The Kier molecular flexibility index (Phi) is 9.05. The van der Waals surface area contributed by atoms with Gasteiger partial charge in [-0.1, -0.05) is 0 Å². The number of imidazole rings is 1. The molecular weight excluding hydrogens is 578 g/mol. The molecular formula is C13H18F12N6O3P2. The molecule has 1 aromatic rings. The summed E-state index contributed by atoms with van der Waals surface area (Å²) in [6.07, 6.45) is -20.7. The number of alkyl halides is 12. The zero-order chi connectivity index (χ0) is 30.1. The highest BCUT2D eigenvalue weighted by molar-refractivity contribution is 7.79. The van der Waals surface area contributed by atoms with E-state index in [9.17, 15) is 66.9 Å². The summed E-state index contributed by atoms with van der Waals surface area (Å²) in [5.41, 5.74) is 0. The second-order valence-corrected chi connectivity index (χ2v) is 12.1. The maximum atomic E-state index is 13.6. The summed E-state index contributed by atoms with van der Waals surface area (Å²) < 4.78 is 198. The van der Waals surface area contributed by atoms with Crippen LogP contribution in [0.25, 0.3) is 0 Å². The zero-order valence-corrected chi connectivity index (χ0v) is 18.9. The van der Waals surface area contributed by atoms with Crippen molar-refractivity contribution in [1.82, 2.24) is 29.9 Å². The lowest BCUT2D eigenvalue weighted by molar-refractivity contribution is -0.124. The molecule has 212 valence electrons. The number of hydrogen-bond donors (Lipinski definition) is 5. The molecule has 1 heterocycles. The van der Waals surface area contributed by atoms with Crippen LogP contribution in [0.2, 0.25) is 0 Å². The van der Waals surface area contributed by atoms with E-state index in [0.29, 0.717) is 18.7 Å². The maximum absolute atomic E-state index is 13.6. The highest BCUT2D eigenvalue weighted by atomic mass is 31.2. The van der Waals surface area contributed by atoms with Crippen LogP contribution < -0.4 is 20.3 Å². The molecule has 0 unspecified atom stereocenters. The quantitative estimate of drug-likeness (QED) is 0.183. The van der Waals surface area contributed by atoms with E-state index in [0.717, 1.165) is 20.3 Å². The summed E-state index contributed by atoms with van der Waals surface area (Å²) in [6.45, 7) is -14.9. The minimum Gasteiger partial charge on any atom is -0.369 e. The Morgan fingerprint density at radius 3 is 1.25 bits per heavy atom. The van der Waals surface area contributed by atoms with Crippen LogP contribution in [0.1, 0.15) is 2.74 Å². The van der Waals surface area contributed by atoms with Gasteiger partial charge in [0.05, 0.1) is 41.7 Å². The van der Waals surface area contributed by atoms with Crippen LogP contribution in [0.15, 0.2) is 18.7 Å². The number of aliphatic hydroxyl groups is 1. The third kappa shape index (κ3) is 10.2. The molecule has 5 N–H and O–H groups in total. The molecule has 9 nitrogen and oxygen atoms in total. The Hall–Kier alpha value is -1.37. The highest BCUT2D eigenvalue weighted by Gasteiger charge is 2.62. The van der Waals surface area contributed by atoms with Crippen LogP contribution in [0.4, 0.5) is 52.7 Å². The Morgan fingerprint density at radius 1 is 0.722 bits per heavy atom. The molecule has 0 saturated heterocycles. The molecule has 0 saturated carbocycles. The van der Waals surface area contributed by atoms with E-state index in [2.05, 4.69) is 4.98 Å². The number of rotatable bonds is 12. The van der Waals surface area contributed by atoms with E-state index in [1.165, 1.54) is 0 Å². The SMILES string of the molecule is [2H]C([2H])(n1ccnc1)C(O)(P(=O)(NCC(F)(F)F)NCC(F)(F)F)P(=O)(NCC(F)(F)F)NCC(F)(F)F. The summed E-state index contributed by atoms with van der Waals surface area (Å²) in [5, 5.41) is 9.49. The molecule has 36 heavy (non-hydrogen) atoms.